The fourth-order valence-electron chi connectivity index (χ4n) is 4.33. The Morgan fingerprint density at radius 2 is 1.89 bits per heavy atom. The Labute approximate surface area is 212 Å². The van der Waals surface area contributed by atoms with Crippen molar-refractivity contribution in [2.45, 2.75) is 52.0 Å². The second kappa shape index (κ2) is 12.2. The number of carbonyl (C=O) groups is 1. The molecule has 1 aliphatic rings. The zero-order valence-corrected chi connectivity index (χ0v) is 21.2. The third-order valence-corrected chi connectivity index (χ3v) is 6.24. The van der Waals surface area contributed by atoms with Gasteiger partial charge in [-0.1, -0.05) is 62.6 Å². The number of hydrogen-bond acceptors (Lipinski definition) is 7. The molecule has 0 spiro atoms. The predicted octanol–water partition coefficient (Wildman–Crippen LogP) is 5.32. The molecule has 36 heavy (non-hydrogen) atoms. The van der Waals surface area contributed by atoms with Crippen molar-refractivity contribution in [1.82, 2.24) is 14.8 Å². The number of hydrogen-bond donors (Lipinski definition) is 1. The van der Waals surface area contributed by atoms with Gasteiger partial charge in [-0.15, -0.1) is 0 Å². The molecule has 0 radical (unpaired) electrons. The van der Waals surface area contributed by atoms with E-state index in [1.807, 2.05) is 55.5 Å². The van der Waals surface area contributed by atoms with Crippen LogP contribution in [0.15, 0.2) is 66.1 Å². The number of ether oxygens (including phenoxy) is 3. The molecule has 0 aliphatic carbocycles. The summed E-state index contributed by atoms with van der Waals surface area (Å²) >= 11 is 0. The highest BCUT2D eigenvalue weighted by Crippen LogP contribution is 2.39. The normalized spacial score (nSPS) is 14.7. The fourth-order valence-corrected chi connectivity index (χ4v) is 4.33. The molecule has 0 unspecified atom stereocenters. The first-order valence-corrected chi connectivity index (χ1v) is 12.5. The molecule has 0 saturated carbocycles. The summed E-state index contributed by atoms with van der Waals surface area (Å²) in [6.07, 6.45) is 6.63. The Morgan fingerprint density at radius 3 is 2.67 bits per heavy atom. The topological polar surface area (TPSA) is 87.5 Å². The van der Waals surface area contributed by atoms with Crippen LogP contribution in [0.5, 0.6) is 11.5 Å². The maximum absolute atomic E-state index is 13.3. The maximum Gasteiger partial charge on any atom is 0.338 e. The Kier molecular flexibility index (Phi) is 8.60. The van der Waals surface area contributed by atoms with Crippen LogP contribution < -0.4 is 14.8 Å². The van der Waals surface area contributed by atoms with Crippen LogP contribution in [0.4, 0.5) is 5.95 Å². The minimum Gasteiger partial charge on any atom is -0.493 e. The number of rotatable bonds is 12. The van der Waals surface area contributed by atoms with Crippen molar-refractivity contribution in [3.8, 4) is 11.5 Å². The zero-order valence-electron chi connectivity index (χ0n) is 21.2. The molecule has 2 heterocycles. The highest BCUT2D eigenvalue weighted by molar-refractivity contribution is 5.92. The first-order chi connectivity index (χ1) is 17.6. The number of methoxy groups -OCH3 is 1. The van der Waals surface area contributed by atoms with E-state index in [9.17, 15) is 4.79 Å². The van der Waals surface area contributed by atoms with Gasteiger partial charge in [0, 0.05) is 12.1 Å². The largest absolute Gasteiger partial charge is 0.493 e. The summed E-state index contributed by atoms with van der Waals surface area (Å²) in [4.78, 5) is 17.6. The van der Waals surface area contributed by atoms with Crippen molar-refractivity contribution in [3.63, 3.8) is 0 Å². The van der Waals surface area contributed by atoms with Gasteiger partial charge in [-0.05, 0) is 36.6 Å². The second-order valence-corrected chi connectivity index (χ2v) is 8.79. The first-order valence-electron chi connectivity index (χ1n) is 12.5. The summed E-state index contributed by atoms with van der Waals surface area (Å²) in [5.41, 5.74) is 3.10. The van der Waals surface area contributed by atoms with Gasteiger partial charge in [0.05, 0.1) is 25.9 Å². The Morgan fingerprint density at radius 1 is 1.06 bits per heavy atom. The van der Waals surface area contributed by atoms with E-state index in [0.717, 1.165) is 24.0 Å². The van der Waals surface area contributed by atoms with E-state index in [1.165, 1.54) is 19.2 Å². The number of fused-ring (bicyclic) bond motifs is 1. The molecule has 1 N–H and O–H groups in total. The highest BCUT2D eigenvalue weighted by atomic mass is 16.5. The van der Waals surface area contributed by atoms with E-state index in [-0.39, 0.29) is 6.61 Å². The van der Waals surface area contributed by atoms with Gasteiger partial charge in [-0.25, -0.2) is 9.48 Å². The van der Waals surface area contributed by atoms with Crippen LogP contribution in [0.3, 0.4) is 0 Å². The zero-order chi connectivity index (χ0) is 25.3. The smallest absolute Gasteiger partial charge is 0.338 e. The van der Waals surface area contributed by atoms with Crippen LogP contribution in [-0.4, -0.2) is 41.1 Å². The van der Waals surface area contributed by atoms with E-state index >= 15 is 0 Å². The van der Waals surface area contributed by atoms with E-state index in [1.54, 1.807) is 11.8 Å². The molecule has 2 aromatic carbocycles. The lowest BCUT2D eigenvalue weighted by atomic mass is 9.95. The standard InChI is InChI=1S/C28H34N4O4/c1-4-5-6-10-16-35-23-14-13-22(18-24(23)34-3)26-25(20(2)31-28-29-19-30-32(26)28)27(33)36-17-15-21-11-8-7-9-12-21/h7-9,11-14,18-19,26H,4-6,10,15-17H2,1-3H3,(H,29,30,31)/t26-/m1/s1. The number of allylic oxidation sites excluding steroid dienone is 1. The summed E-state index contributed by atoms with van der Waals surface area (Å²) in [5, 5.41) is 7.57. The van der Waals surface area contributed by atoms with Crippen molar-refractivity contribution in [3.05, 3.63) is 77.3 Å². The number of carbonyl (C=O) groups excluding carboxylic acids is 1. The molecule has 1 atom stereocenters. The molecule has 8 heteroatoms. The van der Waals surface area contributed by atoms with E-state index in [4.69, 9.17) is 14.2 Å². The lowest BCUT2D eigenvalue weighted by Crippen LogP contribution is -2.30. The van der Waals surface area contributed by atoms with Gasteiger partial charge in [0.1, 0.15) is 12.4 Å². The highest BCUT2D eigenvalue weighted by Gasteiger charge is 2.34. The molecular weight excluding hydrogens is 456 g/mol. The molecule has 190 valence electrons. The summed E-state index contributed by atoms with van der Waals surface area (Å²) in [6, 6.07) is 15.2. The number of esters is 1. The average molecular weight is 491 g/mol. The molecule has 4 rings (SSSR count). The van der Waals surface area contributed by atoms with Crippen LogP contribution in [0.25, 0.3) is 0 Å². The maximum atomic E-state index is 13.3. The van der Waals surface area contributed by atoms with Crippen molar-refractivity contribution in [2.75, 3.05) is 25.6 Å². The molecular formula is C28H34N4O4. The summed E-state index contributed by atoms with van der Waals surface area (Å²) in [6.45, 7) is 4.95. The number of benzene rings is 2. The number of anilines is 1. The summed E-state index contributed by atoms with van der Waals surface area (Å²) < 4.78 is 19.0. The molecule has 0 fully saturated rings. The van der Waals surface area contributed by atoms with Crippen LogP contribution >= 0.6 is 0 Å². The van der Waals surface area contributed by atoms with Crippen LogP contribution in [-0.2, 0) is 16.0 Å². The molecule has 3 aromatic rings. The number of unbranched alkanes of at least 4 members (excludes halogenated alkanes) is 3. The lowest BCUT2D eigenvalue weighted by molar-refractivity contribution is -0.139. The Hall–Kier alpha value is -3.81. The Balaban J connectivity index is 1.55. The molecule has 0 bridgehead atoms. The molecule has 0 saturated heterocycles. The average Bonchev–Trinajstić information content (AvgIpc) is 3.36. The molecule has 8 nitrogen and oxygen atoms in total. The van der Waals surface area contributed by atoms with E-state index in [0.29, 0.717) is 41.7 Å². The number of aromatic nitrogens is 3. The second-order valence-electron chi connectivity index (χ2n) is 8.79. The van der Waals surface area contributed by atoms with Crippen LogP contribution in [0.2, 0.25) is 0 Å². The molecule has 1 aliphatic heterocycles. The van der Waals surface area contributed by atoms with Gasteiger partial charge in [0.2, 0.25) is 5.95 Å². The molecule has 1 aromatic heterocycles. The molecule has 0 amide bonds. The fraction of sp³-hybridized carbons (Fsp3) is 0.393. The van der Waals surface area contributed by atoms with Crippen LogP contribution in [0.1, 0.15) is 56.7 Å². The van der Waals surface area contributed by atoms with Crippen molar-refractivity contribution in [1.29, 1.82) is 0 Å². The van der Waals surface area contributed by atoms with Gasteiger partial charge in [-0.2, -0.15) is 10.1 Å². The van der Waals surface area contributed by atoms with Gasteiger partial charge >= 0.3 is 5.97 Å². The van der Waals surface area contributed by atoms with Gasteiger partial charge < -0.3 is 19.5 Å². The van der Waals surface area contributed by atoms with Crippen molar-refractivity contribution in [2.24, 2.45) is 0 Å². The van der Waals surface area contributed by atoms with E-state index in [2.05, 4.69) is 22.3 Å². The van der Waals surface area contributed by atoms with E-state index < -0.39 is 12.0 Å². The Bertz CT molecular complexity index is 1190. The first kappa shape index (κ1) is 25.3. The van der Waals surface area contributed by atoms with Crippen LogP contribution in [0, 0.1) is 0 Å². The van der Waals surface area contributed by atoms with Crippen molar-refractivity contribution < 1.29 is 19.0 Å². The minimum absolute atomic E-state index is 0.282. The van der Waals surface area contributed by atoms with Gasteiger partial charge in [0.15, 0.2) is 11.5 Å². The number of nitrogens with one attached hydrogen (secondary N) is 1. The SMILES string of the molecule is CCCCCCOc1ccc([C@@H]2C(C(=O)OCCc3ccccc3)=C(C)Nc3ncnn32)cc1OC. The minimum atomic E-state index is -0.513. The predicted molar refractivity (Wildman–Crippen MR) is 138 cm³/mol. The van der Waals surface area contributed by atoms with Gasteiger partial charge in [0.25, 0.3) is 0 Å². The number of nitrogens with zero attached hydrogens (tertiary/aromatic N) is 3. The third-order valence-electron chi connectivity index (χ3n) is 6.24. The summed E-state index contributed by atoms with van der Waals surface area (Å²) in [5.74, 6) is 1.46. The van der Waals surface area contributed by atoms with Gasteiger partial charge in [-0.3, -0.25) is 0 Å². The monoisotopic (exact) mass is 490 g/mol. The third kappa shape index (κ3) is 5.87. The quantitative estimate of drug-likeness (QED) is 0.272. The van der Waals surface area contributed by atoms with Crippen molar-refractivity contribution >= 4 is 11.9 Å². The summed E-state index contributed by atoms with van der Waals surface area (Å²) in [7, 11) is 1.62. The lowest BCUT2D eigenvalue weighted by Gasteiger charge is -2.28.